The van der Waals surface area contributed by atoms with Crippen LogP contribution in [0.25, 0.3) is 0 Å². The van der Waals surface area contributed by atoms with Gasteiger partial charge in [-0.05, 0) is 6.92 Å². The second-order valence-electron chi connectivity index (χ2n) is 1.40. The lowest BCUT2D eigenvalue weighted by molar-refractivity contribution is 0.113. The van der Waals surface area contributed by atoms with Gasteiger partial charge >= 0.3 is 6.09 Å². The van der Waals surface area contributed by atoms with Gasteiger partial charge in [0.2, 0.25) is 0 Å². The van der Waals surface area contributed by atoms with E-state index in [-0.39, 0.29) is 0 Å². The van der Waals surface area contributed by atoms with E-state index < -0.39 is 6.09 Å². The molecular formula is C4H10N2O2. The molecule has 8 heavy (non-hydrogen) atoms. The van der Waals surface area contributed by atoms with Gasteiger partial charge in [0.1, 0.15) is 0 Å². The molecule has 0 aliphatic rings. The summed E-state index contributed by atoms with van der Waals surface area (Å²) in [5.41, 5.74) is 0. The molecule has 0 fully saturated rings. The van der Waals surface area contributed by atoms with Crippen molar-refractivity contribution in [3.8, 4) is 0 Å². The Bertz CT molecular complexity index is 84.1. The van der Waals surface area contributed by atoms with Gasteiger partial charge in [-0.25, -0.2) is 4.79 Å². The Hall–Kier alpha value is -0.770. The van der Waals surface area contributed by atoms with E-state index >= 15 is 0 Å². The maximum absolute atomic E-state index is 10.3. The van der Waals surface area contributed by atoms with E-state index in [1.807, 2.05) is 6.92 Å². The molecule has 0 saturated carbocycles. The van der Waals surface area contributed by atoms with Crippen LogP contribution in [0.1, 0.15) is 6.92 Å². The Balaban J connectivity index is 3.46. The van der Waals surface area contributed by atoms with Crippen molar-refractivity contribution in [2.24, 2.45) is 5.90 Å². The monoisotopic (exact) mass is 118 g/mol. The summed E-state index contributed by atoms with van der Waals surface area (Å²) in [7, 11) is 1.61. The zero-order valence-electron chi connectivity index (χ0n) is 5.05. The molecule has 0 aliphatic heterocycles. The molecule has 0 aromatic rings. The Morgan fingerprint density at radius 2 is 2.38 bits per heavy atom. The largest absolute Gasteiger partial charge is 0.428 e. The summed E-state index contributed by atoms with van der Waals surface area (Å²) in [6, 6.07) is 0. The highest BCUT2D eigenvalue weighted by Gasteiger charge is 2.03. The molecule has 0 radical (unpaired) electrons. The van der Waals surface area contributed by atoms with Crippen LogP contribution in [0.15, 0.2) is 0 Å². The van der Waals surface area contributed by atoms with Gasteiger partial charge < -0.3 is 9.74 Å². The second kappa shape index (κ2) is 3.26. The maximum atomic E-state index is 10.3. The maximum Gasteiger partial charge on any atom is 0.428 e. The van der Waals surface area contributed by atoms with Crippen LogP contribution < -0.4 is 5.90 Å². The van der Waals surface area contributed by atoms with E-state index in [0.717, 1.165) is 0 Å². The smallest absolute Gasteiger partial charge is 0.357 e. The molecule has 0 aromatic heterocycles. The van der Waals surface area contributed by atoms with Gasteiger partial charge in [-0.2, -0.15) is 5.90 Å². The van der Waals surface area contributed by atoms with Gasteiger partial charge in [0.15, 0.2) is 0 Å². The Kier molecular flexibility index (Phi) is 2.95. The molecule has 48 valence electrons. The molecule has 0 aromatic carbocycles. The van der Waals surface area contributed by atoms with E-state index in [0.29, 0.717) is 6.54 Å². The number of carbonyl (C=O) groups is 1. The average Bonchev–Trinajstić information content (AvgIpc) is 1.84. The lowest BCUT2D eigenvalue weighted by Gasteiger charge is -2.09. The first-order valence-electron chi connectivity index (χ1n) is 2.34. The first kappa shape index (κ1) is 7.23. The fourth-order valence-corrected chi connectivity index (χ4v) is 0.219. The van der Waals surface area contributed by atoms with Crippen molar-refractivity contribution in [1.82, 2.24) is 4.90 Å². The van der Waals surface area contributed by atoms with E-state index in [1.165, 1.54) is 4.90 Å². The first-order valence-corrected chi connectivity index (χ1v) is 2.34. The predicted molar refractivity (Wildman–Crippen MR) is 29.0 cm³/mol. The molecule has 4 heteroatoms. The molecule has 0 bridgehead atoms. The quantitative estimate of drug-likeness (QED) is 0.491. The lowest BCUT2D eigenvalue weighted by Crippen LogP contribution is -2.28. The minimum Gasteiger partial charge on any atom is -0.357 e. The van der Waals surface area contributed by atoms with Crippen LogP contribution in [0.4, 0.5) is 4.79 Å². The van der Waals surface area contributed by atoms with Gasteiger partial charge in [0, 0.05) is 13.6 Å². The van der Waals surface area contributed by atoms with Crippen molar-refractivity contribution in [2.75, 3.05) is 13.6 Å². The molecule has 0 atom stereocenters. The lowest BCUT2D eigenvalue weighted by atomic mass is 10.7. The molecule has 4 nitrogen and oxygen atoms in total. The minimum atomic E-state index is -0.507. The van der Waals surface area contributed by atoms with Crippen LogP contribution in [0.3, 0.4) is 0 Å². The molecule has 0 aliphatic carbocycles. The molecule has 2 N–H and O–H groups in total. The summed E-state index contributed by atoms with van der Waals surface area (Å²) in [6.45, 7) is 2.44. The van der Waals surface area contributed by atoms with E-state index in [1.54, 1.807) is 7.05 Å². The van der Waals surface area contributed by atoms with E-state index in [2.05, 4.69) is 10.7 Å². The third kappa shape index (κ3) is 1.79. The van der Waals surface area contributed by atoms with Crippen LogP contribution in [-0.2, 0) is 4.84 Å². The SMILES string of the molecule is CCN(C)C(=O)ON. The molecule has 0 saturated heterocycles. The molecule has 0 rings (SSSR count). The van der Waals surface area contributed by atoms with Crippen molar-refractivity contribution in [3.63, 3.8) is 0 Å². The summed E-state index contributed by atoms with van der Waals surface area (Å²) in [6.07, 6.45) is -0.507. The average molecular weight is 118 g/mol. The van der Waals surface area contributed by atoms with Gasteiger partial charge in [0.25, 0.3) is 0 Å². The van der Waals surface area contributed by atoms with Gasteiger partial charge in [0.05, 0.1) is 0 Å². The standard InChI is InChI=1S/C4H10N2O2/c1-3-6(2)4(7)8-5/h3,5H2,1-2H3. The highest BCUT2D eigenvalue weighted by Crippen LogP contribution is 1.82. The number of nitrogens with zero attached hydrogens (tertiary/aromatic N) is 1. The summed E-state index contributed by atoms with van der Waals surface area (Å²) < 4.78 is 0. The van der Waals surface area contributed by atoms with Crippen LogP contribution in [0, 0.1) is 0 Å². The zero-order chi connectivity index (χ0) is 6.57. The fraction of sp³-hybridized carbons (Fsp3) is 0.750. The van der Waals surface area contributed by atoms with Gasteiger partial charge in [-0.3, -0.25) is 0 Å². The predicted octanol–water partition coefficient (Wildman–Crippen LogP) is -0.0516. The number of hydrogen-bond acceptors (Lipinski definition) is 3. The second-order valence-corrected chi connectivity index (χ2v) is 1.40. The number of carbonyl (C=O) groups excluding carboxylic acids is 1. The Morgan fingerprint density at radius 1 is 1.88 bits per heavy atom. The summed E-state index contributed by atoms with van der Waals surface area (Å²) in [4.78, 5) is 15.6. The van der Waals surface area contributed by atoms with Crippen LogP contribution >= 0.6 is 0 Å². The van der Waals surface area contributed by atoms with E-state index in [9.17, 15) is 4.79 Å². The number of hydrogen-bond donors (Lipinski definition) is 1. The van der Waals surface area contributed by atoms with Crippen molar-refractivity contribution >= 4 is 6.09 Å². The van der Waals surface area contributed by atoms with E-state index in [4.69, 9.17) is 0 Å². The van der Waals surface area contributed by atoms with Crippen molar-refractivity contribution < 1.29 is 9.63 Å². The van der Waals surface area contributed by atoms with Crippen LogP contribution in [0.5, 0.6) is 0 Å². The highest BCUT2D eigenvalue weighted by atomic mass is 16.7. The number of nitrogens with two attached hydrogens (primary N) is 1. The molecule has 0 spiro atoms. The third-order valence-electron chi connectivity index (χ3n) is 0.887. The fourth-order valence-electron chi connectivity index (χ4n) is 0.219. The minimum absolute atomic E-state index is 0.507. The van der Waals surface area contributed by atoms with Gasteiger partial charge in [-0.1, -0.05) is 0 Å². The summed E-state index contributed by atoms with van der Waals surface area (Å²) in [5, 5.41) is 0. The van der Waals surface area contributed by atoms with Gasteiger partial charge in [-0.15, -0.1) is 0 Å². The highest BCUT2D eigenvalue weighted by molar-refractivity contribution is 5.66. The summed E-state index contributed by atoms with van der Waals surface area (Å²) in [5.74, 6) is 4.56. The zero-order valence-corrected chi connectivity index (χ0v) is 5.05. The normalized spacial score (nSPS) is 8.38. The molecule has 1 amide bonds. The van der Waals surface area contributed by atoms with Crippen LogP contribution in [-0.4, -0.2) is 24.6 Å². The van der Waals surface area contributed by atoms with Crippen molar-refractivity contribution in [1.29, 1.82) is 0 Å². The molecule has 0 unspecified atom stereocenters. The van der Waals surface area contributed by atoms with Crippen LogP contribution in [0.2, 0.25) is 0 Å². The Labute approximate surface area is 48.2 Å². The number of rotatable bonds is 1. The number of amides is 1. The topological polar surface area (TPSA) is 55.6 Å². The van der Waals surface area contributed by atoms with Crippen molar-refractivity contribution in [2.45, 2.75) is 6.92 Å². The van der Waals surface area contributed by atoms with Crippen molar-refractivity contribution in [3.05, 3.63) is 0 Å². The third-order valence-corrected chi connectivity index (χ3v) is 0.887. The summed E-state index contributed by atoms with van der Waals surface area (Å²) >= 11 is 0. The molecular weight excluding hydrogens is 108 g/mol. The Morgan fingerprint density at radius 3 is 2.50 bits per heavy atom. The molecule has 0 heterocycles. The first-order chi connectivity index (χ1) is 3.72.